The van der Waals surface area contributed by atoms with E-state index >= 15 is 0 Å². The molecule has 2 aliphatic rings. The third-order valence-electron chi connectivity index (χ3n) is 8.03. The van der Waals surface area contributed by atoms with Gasteiger partial charge in [0.2, 0.25) is 0 Å². The average Bonchev–Trinajstić information content (AvgIpc) is 3.47. The first kappa shape index (κ1) is 23.9. The lowest BCUT2D eigenvalue weighted by atomic mass is 9.71. The molecule has 35 heavy (non-hydrogen) atoms. The molecule has 1 unspecified atom stereocenters. The molecule has 0 aliphatic heterocycles. The van der Waals surface area contributed by atoms with Gasteiger partial charge in [0.1, 0.15) is 0 Å². The smallest absolute Gasteiger partial charge is 0.00216 e. The molecule has 0 heterocycles. The van der Waals surface area contributed by atoms with Crippen molar-refractivity contribution in [3.8, 4) is 22.3 Å². The van der Waals surface area contributed by atoms with Gasteiger partial charge >= 0.3 is 0 Å². The van der Waals surface area contributed by atoms with Crippen molar-refractivity contribution >= 4 is 0 Å². The molecule has 1 atom stereocenters. The van der Waals surface area contributed by atoms with Crippen molar-refractivity contribution in [3.63, 3.8) is 0 Å². The first-order valence-corrected chi connectivity index (χ1v) is 13.3. The van der Waals surface area contributed by atoms with Crippen molar-refractivity contribution in [1.29, 1.82) is 0 Å². The van der Waals surface area contributed by atoms with Gasteiger partial charge in [0, 0.05) is 5.92 Å². The Labute approximate surface area is 212 Å². The first-order chi connectivity index (χ1) is 16.6. The molecule has 0 nitrogen and oxygen atoms in total. The van der Waals surface area contributed by atoms with Crippen LogP contribution in [0.3, 0.4) is 0 Å². The normalized spacial score (nSPS) is 16.0. The topological polar surface area (TPSA) is 0 Å². The second-order valence-electron chi connectivity index (χ2n) is 12.5. The molecule has 0 N–H and O–H groups in total. The number of benzene rings is 3. The van der Waals surface area contributed by atoms with Crippen LogP contribution in [0.1, 0.15) is 88.6 Å². The summed E-state index contributed by atoms with van der Waals surface area (Å²) >= 11 is 0. The van der Waals surface area contributed by atoms with Crippen LogP contribution >= 0.6 is 0 Å². The van der Waals surface area contributed by atoms with E-state index in [0.717, 1.165) is 12.8 Å². The summed E-state index contributed by atoms with van der Waals surface area (Å²) in [6.45, 7) is 16.5. The van der Waals surface area contributed by atoms with Gasteiger partial charge in [0.25, 0.3) is 0 Å². The molecule has 0 aromatic heterocycles. The molecule has 0 heteroatoms. The van der Waals surface area contributed by atoms with E-state index in [0.29, 0.717) is 11.8 Å². The molecule has 0 radical (unpaired) electrons. The van der Waals surface area contributed by atoms with Crippen LogP contribution < -0.4 is 0 Å². The minimum absolute atomic E-state index is 0.0681. The summed E-state index contributed by atoms with van der Waals surface area (Å²) in [5, 5.41) is 0. The van der Waals surface area contributed by atoms with Crippen LogP contribution in [0.5, 0.6) is 0 Å². The summed E-state index contributed by atoms with van der Waals surface area (Å²) in [5.41, 5.74) is 13.4. The molecule has 0 amide bonds. The lowest BCUT2D eigenvalue weighted by Crippen LogP contribution is -2.21. The van der Waals surface area contributed by atoms with Gasteiger partial charge in [-0.2, -0.15) is 0 Å². The van der Waals surface area contributed by atoms with Gasteiger partial charge in [-0.25, -0.2) is 0 Å². The standard InChI is InChI=1S/C35H40/c1-8-27(23-16-12-13-17-23)33-30-21-25-20-26(34(2,3)4)18-19-28(25)32(30)29(22-31(33)35(5,6)7)24-14-10-9-11-15-24/h9-20,22-23,27H,8,21H2,1-7H3. The van der Waals surface area contributed by atoms with Crippen LogP contribution in [-0.2, 0) is 17.3 Å². The molecule has 0 saturated carbocycles. The Bertz CT molecular complexity index is 1290. The predicted octanol–water partition coefficient (Wildman–Crippen LogP) is 9.76. The predicted molar refractivity (Wildman–Crippen MR) is 152 cm³/mol. The minimum atomic E-state index is 0.0681. The number of hydrogen-bond donors (Lipinski definition) is 0. The fraction of sp³-hybridized carbons (Fsp3) is 0.371. The van der Waals surface area contributed by atoms with Crippen LogP contribution in [0.25, 0.3) is 22.3 Å². The van der Waals surface area contributed by atoms with Gasteiger partial charge in [0.05, 0.1) is 0 Å². The van der Waals surface area contributed by atoms with Crippen LogP contribution in [0.4, 0.5) is 0 Å². The maximum atomic E-state index is 2.54. The molecule has 180 valence electrons. The monoisotopic (exact) mass is 460 g/mol. The SMILES string of the molecule is CCC(c1c(C(C)(C)C)cc(-c2ccccc2)c2c1Cc1cc(C(C)(C)C)ccc1-2)C1C=CC=C1. The molecule has 0 spiro atoms. The van der Waals surface area contributed by atoms with Crippen LogP contribution in [0, 0.1) is 5.92 Å². The van der Waals surface area contributed by atoms with Gasteiger partial charge in [-0.05, 0) is 85.7 Å². The molecule has 5 rings (SSSR count). The van der Waals surface area contributed by atoms with E-state index in [4.69, 9.17) is 0 Å². The largest absolute Gasteiger partial charge is 0.0770 e. The van der Waals surface area contributed by atoms with E-state index < -0.39 is 0 Å². The second-order valence-corrected chi connectivity index (χ2v) is 12.5. The van der Waals surface area contributed by atoms with Gasteiger partial charge in [-0.15, -0.1) is 0 Å². The number of allylic oxidation sites excluding steroid dienone is 4. The lowest BCUT2D eigenvalue weighted by molar-refractivity contribution is 0.530. The molecular formula is C35H40. The maximum Gasteiger partial charge on any atom is 0.00216 e. The molecule has 2 aliphatic carbocycles. The van der Waals surface area contributed by atoms with E-state index in [1.807, 2.05) is 0 Å². The van der Waals surface area contributed by atoms with Crippen molar-refractivity contribution in [2.24, 2.45) is 5.92 Å². The highest BCUT2D eigenvalue weighted by Crippen LogP contribution is 2.52. The van der Waals surface area contributed by atoms with E-state index in [2.05, 4.69) is 127 Å². The third-order valence-corrected chi connectivity index (χ3v) is 8.03. The Balaban J connectivity index is 1.84. The molecule has 3 aromatic rings. The Morgan fingerprint density at radius 1 is 0.800 bits per heavy atom. The fourth-order valence-corrected chi connectivity index (χ4v) is 6.16. The van der Waals surface area contributed by atoms with E-state index in [9.17, 15) is 0 Å². The summed E-state index contributed by atoms with van der Waals surface area (Å²) in [7, 11) is 0. The molecule has 3 aromatic carbocycles. The van der Waals surface area contributed by atoms with Crippen molar-refractivity contribution < 1.29 is 0 Å². The van der Waals surface area contributed by atoms with Crippen LogP contribution in [0.2, 0.25) is 0 Å². The number of fused-ring (bicyclic) bond motifs is 3. The quantitative estimate of drug-likeness (QED) is 0.284. The van der Waals surface area contributed by atoms with Gasteiger partial charge in [-0.3, -0.25) is 0 Å². The summed E-state index contributed by atoms with van der Waals surface area (Å²) in [5.74, 6) is 0.968. The van der Waals surface area contributed by atoms with Crippen molar-refractivity contribution in [3.05, 3.63) is 107 Å². The third kappa shape index (κ3) is 4.22. The molecule has 0 saturated heterocycles. The summed E-state index contributed by atoms with van der Waals surface area (Å²) in [6, 6.07) is 20.8. The second kappa shape index (κ2) is 8.66. The Morgan fingerprint density at radius 3 is 2.09 bits per heavy atom. The van der Waals surface area contributed by atoms with Crippen LogP contribution in [-0.4, -0.2) is 0 Å². The minimum Gasteiger partial charge on any atom is -0.0770 e. The van der Waals surface area contributed by atoms with Gasteiger partial charge < -0.3 is 0 Å². The number of hydrogen-bond acceptors (Lipinski definition) is 0. The van der Waals surface area contributed by atoms with Crippen molar-refractivity contribution in [2.45, 2.75) is 78.1 Å². The van der Waals surface area contributed by atoms with Crippen molar-refractivity contribution in [2.75, 3.05) is 0 Å². The number of rotatable bonds is 4. The van der Waals surface area contributed by atoms with E-state index in [1.54, 1.807) is 11.1 Å². The zero-order valence-corrected chi connectivity index (χ0v) is 22.6. The first-order valence-electron chi connectivity index (χ1n) is 13.3. The van der Waals surface area contributed by atoms with Gasteiger partial charge in [0.15, 0.2) is 0 Å². The fourth-order valence-electron chi connectivity index (χ4n) is 6.16. The highest BCUT2D eigenvalue weighted by atomic mass is 14.4. The Morgan fingerprint density at radius 2 is 1.49 bits per heavy atom. The average molecular weight is 461 g/mol. The van der Waals surface area contributed by atoms with E-state index in [1.165, 1.54) is 38.9 Å². The van der Waals surface area contributed by atoms with E-state index in [-0.39, 0.29) is 10.8 Å². The highest BCUT2D eigenvalue weighted by molar-refractivity contribution is 5.92. The summed E-state index contributed by atoms with van der Waals surface area (Å²) in [4.78, 5) is 0. The summed E-state index contributed by atoms with van der Waals surface area (Å²) in [6.07, 6.45) is 11.4. The van der Waals surface area contributed by atoms with Crippen LogP contribution in [0.15, 0.2) is 78.9 Å². The Hall–Kier alpha value is -2.86. The molecular weight excluding hydrogens is 420 g/mol. The molecule has 0 bridgehead atoms. The lowest BCUT2D eigenvalue weighted by Gasteiger charge is -2.33. The zero-order chi connectivity index (χ0) is 25.0. The molecule has 0 fully saturated rings. The van der Waals surface area contributed by atoms with Gasteiger partial charge in [-0.1, -0.05) is 121 Å². The van der Waals surface area contributed by atoms with Crippen molar-refractivity contribution in [1.82, 2.24) is 0 Å². The Kier molecular flexibility index (Phi) is 5.91. The zero-order valence-electron chi connectivity index (χ0n) is 22.6. The summed E-state index contributed by atoms with van der Waals surface area (Å²) < 4.78 is 0. The maximum absolute atomic E-state index is 2.54. The highest BCUT2D eigenvalue weighted by Gasteiger charge is 2.35.